The molecule has 1 aliphatic rings. The fourth-order valence-corrected chi connectivity index (χ4v) is 6.22. The molecule has 1 N–H and O–H groups in total. The van der Waals surface area contributed by atoms with Crippen molar-refractivity contribution in [3.8, 4) is 11.1 Å². The Kier molecular flexibility index (Phi) is 6.92. The van der Waals surface area contributed by atoms with Gasteiger partial charge >= 0.3 is 0 Å². The summed E-state index contributed by atoms with van der Waals surface area (Å²) in [5.74, 6) is -0.714. The van der Waals surface area contributed by atoms with Crippen molar-refractivity contribution in [1.82, 2.24) is 4.90 Å². The quantitative estimate of drug-likeness (QED) is 0.124. The van der Waals surface area contributed by atoms with Gasteiger partial charge in [0.15, 0.2) is 5.78 Å². The molecule has 0 aliphatic carbocycles. The first-order valence-electron chi connectivity index (χ1n) is 14.4. The van der Waals surface area contributed by atoms with E-state index in [0.29, 0.717) is 18.7 Å². The lowest BCUT2D eigenvalue weighted by atomic mass is 9.88. The molecule has 1 heterocycles. The van der Waals surface area contributed by atoms with Crippen molar-refractivity contribution in [2.75, 3.05) is 11.9 Å². The number of hydrogen-bond acceptors (Lipinski definition) is 5. The minimum Gasteiger partial charge on any atom is -0.324 e. The Morgan fingerprint density at radius 3 is 1.86 bits per heavy atom. The molecule has 6 aromatic rings. The maximum atomic E-state index is 13.6. The highest BCUT2D eigenvalue weighted by Crippen LogP contribution is 2.42. The number of nitro groups is 1. The normalized spacial score (nSPS) is 12.7. The third-order valence-electron chi connectivity index (χ3n) is 8.20. The van der Waals surface area contributed by atoms with Gasteiger partial charge in [-0.05, 0) is 49.9 Å². The molecule has 0 aromatic heterocycles. The molecule has 1 aliphatic heterocycles. The van der Waals surface area contributed by atoms with Crippen LogP contribution < -0.4 is 5.32 Å². The lowest BCUT2D eigenvalue weighted by Crippen LogP contribution is -2.32. The zero-order valence-corrected chi connectivity index (χ0v) is 23.7. The molecule has 7 heteroatoms. The molecule has 7 rings (SSSR count). The Labute approximate surface area is 253 Å². The van der Waals surface area contributed by atoms with Crippen LogP contribution in [0.15, 0.2) is 121 Å². The van der Waals surface area contributed by atoms with Gasteiger partial charge in [0.2, 0.25) is 5.91 Å². The van der Waals surface area contributed by atoms with Crippen LogP contribution in [0.3, 0.4) is 0 Å². The van der Waals surface area contributed by atoms with E-state index in [2.05, 4.69) is 70.9 Å². The number of benzene rings is 6. The predicted octanol–water partition coefficient (Wildman–Crippen LogP) is 7.75. The summed E-state index contributed by atoms with van der Waals surface area (Å²) in [6, 6.07) is 37.8. The second kappa shape index (κ2) is 11.2. The van der Waals surface area contributed by atoms with Crippen LogP contribution in [-0.4, -0.2) is 28.1 Å². The number of nitro benzene ring substituents is 1. The highest BCUT2D eigenvalue weighted by Gasteiger charge is 2.25. The van der Waals surface area contributed by atoms with E-state index >= 15 is 0 Å². The van der Waals surface area contributed by atoms with Crippen molar-refractivity contribution < 1.29 is 14.5 Å². The average molecular weight is 578 g/mol. The number of anilines is 1. The molecule has 44 heavy (non-hydrogen) atoms. The van der Waals surface area contributed by atoms with Crippen LogP contribution in [0.25, 0.3) is 32.7 Å². The summed E-state index contributed by atoms with van der Waals surface area (Å²) in [5, 5.41) is 19.0. The van der Waals surface area contributed by atoms with Gasteiger partial charge < -0.3 is 5.32 Å². The number of carbonyl (C=O) groups is 2. The Balaban J connectivity index is 1.24. The summed E-state index contributed by atoms with van der Waals surface area (Å²) in [7, 11) is 0. The first-order chi connectivity index (χ1) is 21.5. The minimum atomic E-state index is -0.549. The largest absolute Gasteiger partial charge is 0.324 e. The van der Waals surface area contributed by atoms with Crippen molar-refractivity contribution in [2.24, 2.45) is 0 Å². The molecule has 0 radical (unpaired) electrons. The van der Waals surface area contributed by atoms with E-state index < -0.39 is 10.7 Å². The summed E-state index contributed by atoms with van der Waals surface area (Å²) in [5.41, 5.74) is 5.09. The van der Waals surface area contributed by atoms with Crippen LogP contribution in [-0.2, 0) is 17.9 Å². The van der Waals surface area contributed by atoms with Crippen molar-refractivity contribution in [1.29, 1.82) is 0 Å². The lowest BCUT2D eigenvalue weighted by molar-refractivity contribution is -0.384. The third kappa shape index (κ3) is 4.99. The molecule has 0 atom stereocenters. The Morgan fingerprint density at radius 2 is 1.27 bits per heavy atom. The molecule has 0 saturated heterocycles. The highest BCUT2D eigenvalue weighted by atomic mass is 16.6. The molecule has 0 unspecified atom stereocenters. The predicted molar refractivity (Wildman–Crippen MR) is 173 cm³/mol. The van der Waals surface area contributed by atoms with Gasteiger partial charge in [0.05, 0.1) is 22.7 Å². The number of fused-ring (bicyclic) bond motifs is 7. The van der Waals surface area contributed by atoms with E-state index in [-0.39, 0.29) is 29.4 Å². The highest BCUT2D eigenvalue weighted by molar-refractivity contribution is 6.14. The second-order valence-corrected chi connectivity index (χ2v) is 11.0. The van der Waals surface area contributed by atoms with Gasteiger partial charge in [-0.3, -0.25) is 24.6 Å². The average Bonchev–Trinajstić information content (AvgIpc) is 3.21. The van der Waals surface area contributed by atoms with E-state index in [4.69, 9.17) is 0 Å². The SMILES string of the molecule is O=C(CN1Cc2ccc3ccccc3c2-c2c(ccc3ccccc23)C1)Nc1ccc([N+](=O)[O-])cc1C(=O)c1ccccc1. The van der Waals surface area contributed by atoms with Crippen molar-refractivity contribution in [3.05, 3.63) is 154 Å². The first-order valence-corrected chi connectivity index (χ1v) is 14.4. The molecular formula is C37H27N3O4. The number of non-ortho nitro benzene ring substituents is 1. The van der Waals surface area contributed by atoms with Gasteiger partial charge in [-0.2, -0.15) is 0 Å². The molecule has 0 bridgehead atoms. The van der Waals surface area contributed by atoms with E-state index in [0.717, 1.165) is 21.9 Å². The van der Waals surface area contributed by atoms with Gasteiger partial charge in [-0.15, -0.1) is 0 Å². The fourth-order valence-electron chi connectivity index (χ4n) is 6.22. The summed E-state index contributed by atoms with van der Waals surface area (Å²) >= 11 is 0. The first kappa shape index (κ1) is 27.2. The minimum absolute atomic E-state index is 0.0640. The van der Waals surface area contributed by atoms with Gasteiger partial charge in [0.25, 0.3) is 5.69 Å². The Bertz CT molecular complexity index is 2020. The summed E-state index contributed by atoms with van der Waals surface area (Å²) in [6.45, 7) is 1.16. The zero-order chi connectivity index (χ0) is 30.2. The Morgan fingerprint density at radius 1 is 0.705 bits per heavy atom. The molecule has 6 aromatic carbocycles. The summed E-state index contributed by atoms with van der Waals surface area (Å²) in [4.78, 5) is 40.0. The van der Waals surface area contributed by atoms with Crippen LogP contribution in [0, 0.1) is 10.1 Å². The molecule has 214 valence electrons. The van der Waals surface area contributed by atoms with Gasteiger partial charge in [0.1, 0.15) is 0 Å². The van der Waals surface area contributed by atoms with Crippen LogP contribution in [0.1, 0.15) is 27.0 Å². The van der Waals surface area contributed by atoms with E-state index in [1.807, 2.05) is 12.1 Å². The van der Waals surface area contributed by atoms with Gasteiger partial charge in [0, 0.05) is 30.8 Å². The topological polar surface area (TPSA) is 92.6 Å². The molecule has 0 spiro atoms. The number of ketones is 1. The zero-order valence-electron chi connectivity index (χ0n) is 23.7. The number of nitrogens with one attached hydrogen (secondary N) is 1. The fraction of sp³-hybridized carbons (Fsp3) is 0.0811. The summed E-state index contributed by atoms with van der Waals surface area (Å²) in [6.07, 6.45) is 0. The van der Waals surface area contributed by atoms with Crippen LogP contribution in [0.4, 0.5) is 11.4 Å². The standard InChI is InChI=1S/C37H27N3O4/c41-34(38-33-19-18-29(40(43)44)20-32(33)37(42)26-10-2-1-3-11-26)23-39-21-27-16-14-24-8-4-6-12-30(24)35(27)36-28(22-39)17-15-25-9-5-7-13-31(25)36/h1-20H,21-23H2,(H,38,41). The maximum absolute atomic E-state index is 13.6. The van der Waals surface area contributed by atoms with Crippen molar-refractivity contribution in [3.63, 3.8) is 0 Å². The molecule has 7 nitrogen and oxygen atoms in total. The van der Waals surface area contributed by atoms with Crippen LogP contribution >= 0.6 is 0 Å². The van der Waals surface area contributed by atoms with Gasteiger partial charge in [-0.1, -0.05) is 103 Å². The Hall–Kier alpha value is -5.66. The number of rotatable bonds is 6. The summed E-state index contributed by atoms with van der Waals surface area (Å²) < 4.78 is 0. The van der Waals surface area contributed by atoms with Crippen molar-refractivity contribution in [2.45, 2.75) is 13.1 Å². The number of carbonyl (C=O) groups excluding carboxylic acids is 2. The van der Waals surface area contributed by atoms with Crippen LogP contribution in [0.2, 0.25) is 0 Å². The van der Waals surface area contributed by atoms with Crippen molar-refractivity contribution >= 4 is 44.6 Å². The third-order valence-corrected chi connectivity index (χ3v) is 8.20. The number of nitrogens with zero attached hydrogens (tertiary/aromatic N) is 2. The monoisotopic (exact) mass is 577 g/mol. The van der Waals surface area contributed by atoms with E-state index in [1.165, 1.54) is 40.1 Å². The van der Waals surface area contributed by atoms with Crippen LogP contribution in [0.5, 0.6) is 0 Å². The van der Waals surface area contributed by atoms with E-state index in [1.54, 1.807) is 30.3 Å². The van der Waals surface area contributed by atoms with E-state index in [9.17, 15) is 19.7 Å². The second-order valence-electron chi connectivity index (χ2n) is 11.0. The smallest absolute Gasteiger partial charge is 0.270 e. The van der Waals surface area contributed by atoms with Gasteiger partial charge in [-0.25, -0.2) is 0 Å². The molecule has 0 saturated carbocycles. The number of amides is 1. The maximum Gasteiger partial charge on any atom is 0.270 e. The molecule has 0 fully saturated rings. The molecular weight excluding hydrogens is 550 g/mol. The lowest BCUT2D eigenvalue weighted by Gasteiger charge is -2.21. The molecule has 1 amide bonds. The number of hydrogen-bond donors (Lipinski definition) is 1.